The topological polar surface area (TPSA) is 24.1 Å². The van der Waals surface area contributed by atoms with Crippen LogP contribution in [0.25, 0.3) is 0 Å². The molecule has 1 heterocycles. The SMILES string of the molecule is CC(C)NC1CNCCC1F. The Labute approximate surface area is 67.6 Å². The second-order valence-corrected chi connectivity index (χ2v) is 3.44. The van der Waals surface area contributed by atoms with E-state index in [4.69, 9.17) is 0 Å². The molecule has 1 saturated heterocycles. The van der Waals surface area contributed by atoms with Gasteiger partial charge in [-0.1, -0.05) is 13.8 Å². The quantitative estimate of drug-likeness (QED) is 0.621. The van der Waals surface area contributed by atoms with Crippen LogP contribution in [0.2, 0.25) is 0 Å². The predicted octanol–water partition coefficient (Wildman–Crippen LogP) is 0.684. The van der Waals surface area contributed by atoms with Crippen molar-refractivity contribution in [2.75, 3.05) is 13.1 Å². The molecular formula is C8H17FN2. The molecule has 0 aromatic carbocycles. The Morgan fingerprint density at radius 1 is 1.55 bits per heavy atom. The van der Waals surface area contributed by atoms with Crippen LogP contribution in [0.4, 0.5) is 4.39 Å². The smallest absolute Gasteiger partial charge is 0.118 e. The average Bonchev–Trinajstić information content (AvgIpc) is 1.93. The Kier molecular flexibility index (Phi) is 3.27. The highest BCUT2D eigenvalue weighted by atomic mass is 19.1. The summed E-state index contributed by atoms with van der Waals surface area (Å²) >= 11 is 0. The monoisotopic (exact) mass is 160 g/mol. The van der Waals surface area contributed by atoms with Gasteiger partial charge >= 0.3 is 0 Å². The summed E-state index contributed by atoms with van der Waals surface area (Å²) in [4.78, 5) is 0. The van der Waals surface area contributed by atoms with Gasteiger partial charge in [-0.3, -0.25) is 0 Å². The molecule has 0 aromatic heterocycles. The number of halogens is 1. The van der Waals surface area contributed by atoms with Gasteiger partial charge in [0.05, 0.1) is 6.04 Å². The first-order chi connectivity index (χ1) is 5.20. The second kappa shape index (κ2) is 4.02. The van der Waals surface area contributed by atoms with Gasteiger partial charge in [0.25, 0.3) is 0 Å². The molecule has 3 heteroatoms. The van der Waals surface area contributed by atoms with Crippen LogP contribution >= 0.6 is 0 Å². The molecule has 1 rings (SSSR count). The molecule has 0 aromatic rings. The van der Waals surface area contributed by atoms with Crippen molar-refractivity contribution in [2.24, 2.45) is 0 Å². The highest BCUT2D eigenvalue weighted by Gasteiger charge is 2.24. The Morgan fingerprint density at radius 3 is 2.82 bits per heavy atom. The van der Waals surface area contributed by atoms with Gasteiger partial charge in [0.15, 0.2) is 0 Å². The second-order valence-electron chi connectivity index (χ2n) is 3.44. The van der Waals surface area contributed by atoms with E-state index in [1.165, 1.54) is 0 Å². The number of hydrogen-bond donors (Lipinski definition) is 2. The van der Waals surface area contributed by atoms with Gasteiger partial charge in [-0.25, -0.2) is 4.39 Å². The fraction of sp³-hybridized carbons (Fsp3) is 1.00. The van der Waals surface area contributed by atoms with Crippen molar-refractivity contribution in [1.29, 1.82) is 0 Å². The minimum absolute atomic E-state index is 0.0174. The summed E-state index contributed by atoms with van der Waals surface area (Å²) in [5.74, 6) is 0. The van der Waals surface area contributed by atoms with E-state index in [1.807, 2.05) is 13.8 Å². The summed E-state index contributed by atoms with van der Waals surface area (Å²) in [5, 5.41) is 6.36. The third-order valence-electron chi connectivity index (χ3n) is 1.95. The van der Waals surface area contributed by atoms with Gasteiger partial charge in [0, 0.05) is 12.6 Å². The number of hydrogen-bond acceptors (Lipinski definition) is 2. The Balaban J connectivity index is 2.29. The van der Waals surface area contributed by atoms with E-state index in [0.717, 1.165) is 13.1 Å². The van der Waals surface area contributed by atoms with Crippen LogP contribution in [0.3, 0.4) is 0 Å². The fourth-order valence-electron chi connectivity index (χ4n) is 1.42. The van der Waals surface area contributed by atoms with Crippen LogP contribution in [0.1, 0.15) is 20.3 Å². The lowest BCUT2D eigenvalue weighted by Crippen LogP contribution is -2.52. The molecule has 0 aliphatic carbocycles. The molecule has 2 nitrogen and oxygen atoms in total. The van der Waals surface area contributed by atoms with Gasteiger partial charge in [-0.05, 0) is 13.0 Å². The van der Waals surface area contributed by atoms with Crippen molar-refractivity contribution in [3.05, 3.63) is 0 Å². The molecule has 1 fully saturated rings. The number of piperidine rings is 1. The van der Waals surface area contributed by atoms with Gasteiger partial charge in [0.2, 0.25) is 0 Å². The maximum atomic E-state index is 13.1. The Hall–Kier alpha value is -0.150. The molecule has 1 aliphatic rings. The van der Waals surface area contributed by atoms with E-state index in [1.54, 1.807) is 0 Å². The minimum Gasteiger partial charge on any atom is -0.315 e. The van der Waals surface area contributed by atoms with Crippen LogP contribution in [-0.2, 0) is 0 Å². The molecule has 0 spiro atoms. The maximum Gasteiger partial charge on any atom is 0.118 e. The molecule has 0 bridgehead atoms. The lowest BCUT2D eigenvalue weighted by molar-refractivity contribution is 0.193. The molecule has 1 aliphatic heterocycles. The van der Waals surface area contributed by atoms with E-state index >= 15 is 0 Å². The van der Waals surface area contributed by atoms with Crippen molar-refractivity contribution < 1.29 is 4.39 Å². The standard InChI is InChI=1S/C8H17FN2/c1-6(2)11-8-5-10-4-3-7(8)9/h6-8,10-11H,3-5H2,1-2H3. The first-order valence-corrected chi connectivity index (χ1v) is 4.31. The fourth-order valence-corrected chi connectivity index (χ4v) is 1.42. The van der Waals surface area contributed by atoms with Crippen molar-refractivity contribution in [3.63, 3.8) is 0 Å². The summed E-state index contributed by atoms with van der Waals surface area (Å²) in [5.41, 5.74) is 0. The summed E-state index contributed by atoms with van der Waals surface area (Å²) in [6, 6.07) is 0.391. The molecule has 66 valence electrons. The molecule has 0 saturated carbocycles. The van der Waals surface area contributed by atoms with Gasteiger partial charge in [-0.15, -0.1) is 0 Å². The number of nitrogens with one attached hydrogen (secondary N) is 2. The molecule has 0 radical (unpaired) electrons. The van der Waals surface area contributed by atoms with E-state index in [-0.39, 0.29) is 6.04 Å². The third-order valence-corrected chi connectivity index (χ3v) is 1.95. The zero-order chi connectivity index (χ0) is 8.27. The zero-order valence-corrected chi connectivity index (χ0v) is 7.23. The van der Waals surface area contributed by atoms with Crippen molar-refractivity contribution in [3.8, 4) is 0 Å². The molecule has 11 heavy (non-hydrogen) atoms. The summed E-state index contributed by atoms with van der Waals surface area (Å²) in [7, 11) is 0. The Bertz CT molecular complexity index is 117. The number of alkyl halides is 1. The molecular weight excluding hydrogens is 143 g/mol. The van der Waals surface area contributed by atoms with Crippen LogP contribution in [0.15, 0.2) is 0 Å². The maximum absolute atomic E-state index is 13.1. The number of rotatable bonds is 2. The summed E-state index contributed by atoms with van der Waals surface area (Å²) in [6.07, 6.45) is -0.0247. The Morgan fingerprint density at radius 2 is 2.27 bits per heavy atom. The van der Waals surface area contributed by atoms with Gasteiger partial charge in [0.1, 0.15) is 6.17 Å². The van der Waals surface area contributed by atoms with E-state index in [2.05, 4.69) is 10.6 Å². The normalized spacial score (nSPS) is 32.7. The highest BCUT2D eigenvalue weighted by molar-refractivity contribution is 4.84. The van der Waals surface area contributed by atoms with Crippen LogP contribution in [0.5, 0.6) is 0 Å². The lowest BCUT2D eigenvalue weighted by atomic mass is 10.0. The lowest BCUT2D eigenvalue weighted by Gasteiger charge is -2.29. The molecule has 0 amide bonds. The highest BCUT2D eigenvalue weighted by Crippen LogP contribution is 2.08. The minimum atomic E-state index is -0.668. The van der Waals surface area contributed by atoms with E-state index in [0.29, 0.717) is 12.5 Å². The first kappa shape index (κ1) is 8.94. The summed E-state index contributed by atoms with van der Waals surface area (Å²) < 4.78 is 13.1. The first-order valence-electron chi connectivity index (χ1n) is 4.31. The van der Waals surface area contributed by atoms with Crippen molar-refractivity contribution >= 4 is 0 Å². The van der Waals surface area contributed by atoms with Crippen LogP contribution < -0.4 is 10.6 Å². The van der Waals surface area contributed by atoms with E-state index < -0.39 is 6.17 Å². The zero-order valence-electron chi connectivity index (χ0n) is 7.23. The van der Waals surface area contributed by atoms with E-state index in [9.17, 15) is 4.39 Å². The van der Waals surface area contributed by atoms with Gasteiger partial charge < -0.3 is 10.6 Å². The predicted molar refractivity (Wildman–Crippen MR) is 44.4 cm³/mol. The molecule has 2 unspecified atom stereocenters. The van der Waals surface area contributed by atoms with Crippen molar-refractivity contribution in [1.82, 2.24) is 10.6 Å². The van der Waals surface area contributed by atoms with Crippen molar-refractivity contribution in [2.45, 2.75) is 38.5 Å². The molecule has 2 atom stereocenters. The van der Waals surface area contributed by atoms with Crippen LogP contribution in [-0.4, -0.2) is 31.3 Å². The largest absolute Gasteiger partial charge is 0.315 e. The van der Waals surface area contributed by atoms with Crippen LogP contribution in [0, 0.1) is 0 Å². The molecule has 2 N–H and O–H groups in total. The summed E-state index contributed by atoms with van der Waals surface area (Å²) in [6.45, 7) is 5.67. The van der Waals surface area contributed by atoms with Gasteiger partial charge in [-0.2, -0.15) is 0 Å². The average molecular weight is 160 g/mol. The third kappa shape index (κ3) is 2.75.